The zero-order chi connectivity index (χ0) is 23.9. The molecule has 1 unspecified atom stereocenters. The third kappa shape index (κ3) is 3.81. The average molecular weight is 481 g/mol. The van der Waals surface area contributed by atoms with Crippen molar-refractivity contribution in [1.29, 1.82) is 0 Å². The summed E-state index contributed by atoms with van der Waals surface area (Å²) < 4.78 is 7.81. The van der Waals surface area contributed by atoms with Gasteiger partial charge in [-0.3, -0.25) is 0 Å². The zero-order valence-electron chi connectivity index (χ0n) is 20.0. The summed E-state index contributed by atoms with van der Waals surface area (Å²) in [5.41, 5.74) is 7.80. The van der Waals surface area contributed by atoms with Crippen LogP contribution in [0.2, 0.25) is 0 Å². The first-order chi connectivity index (χ1) is 17.8. The predicted octanol–water partition coefficient (Wildman–Crippen LogP) is 3.80. The first-order valence-corrected chi connectivity index (χ1v) is 12.6. The molecule has 0 amide bonds. The zero-order valence-corrected chi connectivity index (χ0v) is 20.0. The van der Waals surface area contributed by atoms with Crippen molar-refractivity contribution in [2.75, 3.05) is 44.3 Å². The molecule has 5 aromatic rings. The minimum Gasteiger partial charge on any atom is -0.378 e. The van der Waals surface area contributed by atoms with Gasteiger partial charge in [0.1, 0.15) is 11.3 Å². The number of anilines is 1. The number of nitrogens with one attached hydrogen (secondary N) is 2. The second-order valence-electron chi connectivity index (χ2n) is 9.51. The molecule has 4 aromatic heterocycles. The number of morpholine rings is 1. The van der Waals surface area contributed by atoms with Crippen LogP contribution in [0.4, 0.5) is 5.82 Å². The summed E-state index contributed by atoms with van der Waals surface area (Å²) in [5.74, 6) is 0.947. The number of pyridine rings is 1. The van der Waals surface area contributed by atoms with E-state index in [1.165, 1.54) is 12.8 Å². The molecule has 0 bridgehead atoms. The lowest BCUT2D eigenvalue weighted by Crippen LogP contribution is -2.36. The Morgan fingerprint density at radius 3 is 2.83 bits per heavy atom. The van der Waals surface area contributed by atoms with Crippen LogP contribution in [0, 0.1) is 0 Å². The molecule has 2 aliphatic rings. The van der Waals surface area contributed by atoms with Gasteiger partial charge in [-0.25, -0.2) is 19.9 Å². The lowest BCUT2D eigenvalue weighted by atomic mass is 10.1. The van der Waals surface area contributed by atoms with Gasteiger partial charge in [0.2, 0.25) is 0 Å². The molecule has 2 saturated heterocycles. The summed E-state index contributed by atoms with van der Waals surface area (Å²) in [7, 11) is 0. The standard InChI is InChI=1S/C27H28N8O/c1-2-20(14-28-6-1)35-17-32-22-4-3-18(12-24(22)35)21-15-30-27-26(21)33-23(16-31-27)19-5-7-29-25(13-19)34-8-10-36-11-9-34/h3-5,7,12-13,15-17,20,28H,1-2,6,8-11,14H2,(H,30,31). The van der Waals surface area contributed by atoms with Crippen molar-refractivity contribution in [3.8, 4) is 22.4 Å². The molecular weight excluding hydrogens is 452 g/mol. The Bertz CT molecular complexity index is 1530. The van der Waals surface area contributed by atoms with Crippen LogP contribution in [0.1, 0.15) is 18.9 Å². The van der Waals surface area contributed by atoms with Crippen molar-refractivity contribution < 1.29 is 4.74 Å². The normalized spacial score (nSPS) is 18.8. The minimum atomic E-state index is 0.431. The monoisotopic (exact) mass is 480 g/mol. The minimum absolute atomic E-state index is 0.431. The molecular formula is C27H28N8O. The van der Waals surface area contributed by atoms with E-state index < -0.39 is 0 Å². The van der Waals surface area contributed by atoms with Crippen molar-refractivity contribution in [3.05, 3.63) is 55.2 Å². The van der Waals surface area contributed by atoms with E-state index in [1.54, 1.807) is 0 Å². The molecule has 7 rings (SSSR count). The maximum Gasteiger partial charge on any atom is 0.156 e. The quantitative estimate of drug-likeness (QED) is 0.404. The fraction of sp³-hybridized carbons (Fsp3) is 0.333. The molecule has 9 heteroatoms. The van der Waals surface area contributed by atoms with Crippen LogP contribution in [-0.2, 0) is 4.74 Å². The number of ether oxygens (including phenoxy) is 1. The Kier molecular flexibility index (Phi) is 5.36. The first-order valence-electron chi connectivity index (χ1n) is 12.6. The molecule has 36 heavy (non-hydrogen) atoms. The van der Waals surface area contributed by atoms with Crippen LogP contribution < -0.4 is 10.2 Å². The molecule has 0 radical (unpaired) electrons. The van der Waals surface area contributed by atoms with E-state index in [0.29, 0.717) is 6.04 Å². The molecule has 0 spiro atoms. The van der Waals surface area contributed by atoms with Gasteiger partial charge in [-0.15, -0.1) is 0 Å². The molecule has 0 aliphatic carbocycles. The van der Waals surface area contributed by atoms with E-state index in [2.05, 4.69) is 54.0 Å². The predicted molar refractivity (Wildman–Crippen MR) is 140 cm³/mol. The van der Waals surface area contributed by atoms with E-state index in [0.717, 1.165) is 89.8 Å². The molecule has 2 fully saturated rings. The number of aromatic nitrogens is 6. The van der Waals surface area contributed by atoms with E-state index in [-0.39, 0.29) is 0 Å². The fourth-order valence-corrected chi connectivity index (χ4v) is 5.35. The van der Waals surface area contributed by atoms with Gasteiger partial charge in [0, 0.05) is 49.2 Å². The third-order valence-corrected chi connectivity index (χ3v) is 7.31. The smallest absolute Gasteiger partial charge is 0.156 e. The summed E-state index contributed by atoms with van der Waals surface area (Å²) >= 11 is 0. The Balaban J connectivity index is 1.27. The number of aromatic amines is 1. The Hall–Kier alpha value is -3.82. The lowest BCUT2D eigenvalue weighted by molar-refractivity contribution is 0.122. The lowest BCUT2D eigenvalue weighted by Gasteiger charge is -2.27. The van der Waals surface area contributed by atoms with E-state index in [9.17, 15) is 0 Å². The van der Waals surface area contributed by atoms with Crippen LogP contribution >= 0.6 is 0 Å². The van der Waals surface area contributed by atoms with E-state index in [4.69, 9.17) is 14.7 Å². The second-order valence-corrected chi connectivity index (χ2v) is 9.51. The number of imidazole rings is 1. The second kappa shape index (κ2) is 9.00. The van der Waals surface area contributed by atoms with Crippen molar-refractivity contribution >= 4 is 28.0 Å². The first kappa shape index (κ1) is 21.5. The van der Waals surface area contributed by atoms with E-state index >= 15 is 0 Å². The number of H-pyrrole nitrogens is 1. The van der Waals surface area contributed by atoms with Crippen molar-refractivity contribution in [2.45, 2.75) is 18.9 Å². The van der Waals surface area contributed by atoms with Gasteiger partial charge in [-0.05, 0) is 49.2 Å². The molecule has 2 N–H and O–H groups in total. The number of piperidine rings is 1. The molecule has 182 valence electrons. The Morgan fingerprint density at radius 1 is 1.00 bits per heavy atom. The van der Waals surface area contributed by atoms with Gasteiger partial charge < -0.3 is 24.5 Å². The van der Waals surface area contributed by atoms with Gasteiger partial charge >= 0.3 is 0 Å². The maximum atomic E-state index is 5.49. The van der Waals surface area contributed by atoms with Crippen molar-refractivity contribution in [3.63, 3.8) is 0 Å². The number of benzene rings is 1. The third-order valence-electron chi connectivity index (χ3n) is 7.31. The van der Waals surface area contributed by atoms with Crippen LogP contribution in [0.25, 0.3) is 44.6 Å². The SMILES string of the molecule is c1cc(-c2cnc3[nH]cc(-c4ccc5ncn(C6CCCNC6)c5c4)c3n2)cc(N2CCOCC2)n1. The summed E-state index contributed by atoms with van der Waals surface area (Å²) in [6, 6.07) is 11.0. The van der Waals surface area contributed by atoms with Crippen LogP contribution in [-0.4, -0.2) is 68.9 Å². The summed E-state index contributed by atoms with van der Waals surface area (Å²) in [4.78, 5) is 24.5. The Morgan fingerprint density at radius 2 is 1.94 bits per heavy atom. The number of fused-ring (bicyclic) bond motifs is 2. The van der Waals surface area contributed by atoms with Crippen molar-refractivity contribution in [2.24, 2.45) is 0 Å². The van der Waals surface area contributed by atoms with Crippen LogP contribution in [0.5, 0.6) is 0 Å². The topological polar surface area (TPSA) is 96.8 Å². The number of rotatable bonds is 4. The van der Waals surface area contributed by atoms with Gasteiger partial charge in [-0.1, -0.05) is 6.07 Å². The maximum absolute atomic E-state index is 5.49. The fourth-order valence-electron chi connectivity index (χ4n) is 5.35. The van der Waals surface area contributed by atoms with Gasteiger partial charge in [0.25, 0.3) is 0 Å². The molecule has 2 aliphatic heterocycles. The number of nitrogens with zero attached hydrogens (tertiary/aromatic N) is 6. The van der Waals surface area contributed by atoms with Crippen LogP contribution in [0.15, 0.2) is 55.2 Å². The summed E-state index contributed by atoms with van der Waals surface area (Å²) in [6.07, 6.45) is 10.0. The Labute approximate surface area is 208 Å². The highest BCUT2D eigenvalue weighted by atomic mass is 16.5. The van der Waals surface area contributed by atoms with Gasteiger partial charge in [-0.2, -0.15) is 0 Å². The highest BCUT2D eigenvalue weighted by Gasteiger charge is 2.19. The number of hydrogen-bond donors (Lipinski definition) is 2. The van der Waals surface area contributed by atoms with Crippen LogP contribution in [0.3, 0.4) is 0 Å². The molecule has 0 saturated carbocycles. The number of hydrogen-bond acceptors (Lipinski definition) is 7. The highest BCUT2D eigenvalue weighted by molar-refractivity contribution is 5.94. The summed E-state index contributed by atoms with van der Waals surface area (Å²) in [5, 5.41) is 3.52. The molecule has 9 nitrogen and oxygen atoms in total. The largest absolute Gasteiger partial charge is 0.378 e. The van der Waals surface area contributed by atoms with Crippen molar-refractivity contribution in [1.82, 2.24) is 34.8 Å². The van der Waals surface area contributed by atoms with Gasteiger partial charge in [0.05, 0.1) is 42.5 Å². The average Bonchev–Trinajstić information content (AvgIpc) is 3.58. The summed E-state index contributed by atoms with van der Waals surface area (Å²) in [6.45, 7) is 5.22. The molecule has 1 aromatic carbocycles. The highest BCUT2D eigenvalue weighted by Crippen LogP contribution is 2.32. The molecule has 1 atom stereocenters. The van der Waals surface area contributed by atoms with Gasteiger partial charge in [0.15, 0.2) is 5.65 Å². The molecule has 6 heterocycles. The van der Waals surface area contributed by atoms with E-state index in [1.807, 2.05) is 31.0 Å².